The van der Waals surface area contributed by atoms with Gasteiger partial charge in [0.05, 0.1) is 11.4 Å². The monoisotopic (exact) mass is 470 g/mol. The number of pyridine rings is 1. The van der Waals surface area contributed by atoms with E-state index in [2.05, 4.69) is 25.2 Å². The Morgan fingerprint density at radius 3 is 2.40 bits per heavy atom. The van der Waals surface area contributed by atoms with Crippen molar-refractivity contribution >= 4 is 22.6 Å². The maximum absolute atomic E-state index is 13.6. The van der Waals surface area contributed by atoms with E-state index in [1.807, 2.05) is 74.8 Å². The third-order valence-electron chi connectivity index (χ3n) is 6.65. The van der Waals surface area contributed by atoms with Crippen LogP contribution >= 0.6 is 0 Å². The van der Waals surface area contributed by atoms with Crippen LogP contribution in [0.4, 0.5) is 5.69 Å². The lowest BCUT2D eigenvalue weighted by molar-refractivity contribution is -0.116. The molecule has 0 radical (unpaired) electrons. The Morgan fingerprint density at radius 2 is 1.77 bits per heavy atom. The van der Waals surface area contributed by atoms with E-state index in [1.54, 1.807) is 4.57 Å². The first-order chi connectivity index (χ1) is 16.7. The number of rotatable bonds is 7. The summed E-state index contributed by atoms with van der Waals surface area (Å²) >= 11 is 0. The summed E-state index contributed by atoms with van der Waals surface area (Å²) in [6.07, 6.45) is 0.619. The van der Waals surface area contributed by atoms with Gasteiger partial charge in [0.25, 0.3) is 5.56 Å². The molecular weight excluding hydrogens is 436 g/mol. The van der Waals surface area contributed by atoms with Crippen molar-refractivity contribution in [2.75, 3.05) is 5.32 Å². The fourth-order valence-electron chi connectivity index (χ4n) is 4.71. The molecule has 0 aliphatic carbocycles. The summed E-state index contributed by atoms with van der Waals surface area (Å²) in [5.41, 5.74) is 7.26. The maximum atomic E-state index is 13.6. The van der Waals surface area contributed by atoms with Gasteiger partial charge in [-0.2, -0.15) is 5.10 Å². The number of hydrogen-bond donors (Lipinski definition) is 1. The van der Waals surface area contributed by atoms with E-state index < -0.39 is 0 Å². The van der Waals surface area contributed by atoms with Crippen molar-refractivity contribution in [1.29, 1.82) is 0 Å². The van der Waals surface area contributed by atoms with Crippen LogP contribution in [-0.2, 0) is 17.8 Å². The quantitative estimate of drug-likeness (QED) is 0.370. The Kier molecular flexibility index (Phi) is 6.92. The van der Waals surface area contributed by atoms with Gasteiger partial charge in [-0.25, -0.2) is 4.68 Å². The van der Waals surface area contributed by atoms with Gasteiger partial charge in [-0.15, -0.1) is 0 Å². The molecule has 1 amide bonds. The molecule has 0 bridgehead atoms. The fourth-order valence-corrected chi connectivity index (χ4v) is 4.71. The first-order valence-electron chi connectivity index (χ1n) is 12.3. The lowest BCUT2D eigenvalue weighted by Crippen LogP contribution is -2.27. The van der Waals surface area contributed by atoms with E-state index in [9.17, 15) is 9.59 Å². The SMILES string of the molecule is CCn1c(=O)c(CCC(=O)Nc2ccc(C(C)C)cc2)c(C)c2c(C)nn(-c3cccc(C)c3)c21. The number of aromatic nitrogens is 3. The molecule has 0 atom stereocenters. The highest BCUT2D eigenvalue weighted by Crippen LogP contribution is 2.27. The molecule has 4 aromatic rings. The molecule has 0 saturated carbocycles. The summed E-state index contributed by atoms with van der Waals surface area (Å²) in [7, 11) is 0. The van der Waals surface area contributed by atoms with Crippen molar-refractivity contribution in [3.8, 4) is 5.69 Å². The third-order valence-corrected chi connectivity index (χ3v) is 6.65. The van der Waals surface area contributed by atoms with Gasteiger partial charge in [0.1, 0.15) is 5.65 Å². The zero-order valence-corrected chi connectivity index (χ0v) is 21.5. The maximum Gasteiger partial charge on any atom is 0.255 e. The molecule has 0 spiro atoms. The fraction of sp³-hybridized carbons (Fsp3) is 0.345. The van der Waals surface area contributed by atoms with E-state index in [0.29, 0.717) is 24.4 Å². The van der Waals surface area contributed by atoms with Crippen LogP contribution in [0.3, 0.4) is 0 Å². The Balaban J connectivity index is 1.65. The van der Waals surface area contributed by atoms with Crippen molar-refractivity contribution in [2.24, 2.45) is 0 Å². The Morgan fingerprint density at radius 1 is 1.06 bits per heavy atom. The Hall–Kier alpha value is -3.67. The van der Waals surface area contributed by atoms with Gasteiger partial charge in [-0.05, 0) is 81.0 Å². The average molecular weight is 471 g/mol. The summed E-state index contributed by atoms with van der Waals surface area (Å²) < 4.78 is 3.65. The minimum Gasteiger partial charge on any atom is -0.326 e. The van der Waals surface area contributed by atoms with Crippen LogP contribution in [0.15, 0.2) is 53.3 Å². The van der Waals surface area contributed by atoms with E-state index in [4.69, 9.17) is 5.10 Å². The zero-order valence-electron chi connectivity index (χ0n) is 21.5. The molecule has 2 aromatic heterocycles. The molecule has 6 nitrogen and oxygen atoms in total. The highest BCUT2D eigenvalue weighted by Gasteiger charge is 2.21. The molecule has 0 fully saturated rings. The number of hydrogen-bond acceptors (Lipinski definition) is 3. The number of carbonyl (C=O) groups excluding carboxylic acids is 1. The largest absolute Gasteiger partial charge is 0.326 e. The van der Waals surface area contributed by atoms with Crippen molar-refractivity contribution in [3.63, 3.8) is 0 Å². The molecule has 0 saturated heterocycles. The average Bonchev–Trinajstić information content (AvgIpc) is 3.16. The second kappa shape index (κ2) is 9.90. The highest BCUT2D eigenvalue weighted by molar-refractivity contribution is 5.91. The summed E-state index contributed by atoms with van der Waals surface area (Å²) in [6.45, 7) is 12.8. The number of amides is 1. The summed E-state index contributed by atoms with van der Waals surface area (Å²) in [6, 6.07) is 16.0. The van der Waals surface area contributed by atoms with Gasteiger partial charge in [-0.3, -0.25) is 14.2 Å². The molecule has 2 heterocycles. The van der Waals surface area contributed by atoms with Crippen LogP contribution in [0.2, 0.25) is 0 Å². The molecule has 6 heteroatoms. The Labute approximate surface area is 206 Å². The number of anilines is 1. The minimum absolute atomic E-state index is 0.0552. The molecule has 182 valence electrons. The smallest absolute Gasteiger partial charge is 0.255 e. The molecule has 35 heavy (non-hydrogen) atoms. The summed E-state index contributed by atoms with van der Waals surface area (Å²) in [5.74, 6) is 0.341. The van der Waals surface area contributed by atoms with E-state index in [-0.39, 0.29) is 17.9 Å². The number of aryl methyl sites for hydroxylation is 4. The standard InChI is InChI=1S/C29H34N4O2/c1-7-32-28-27(21(6)31-33(28)24-10-8-9-19(4)17-24)20(5)25(29(32)35)15-16-26(34)30-23-13-11-22(12-14-23)18(2)3/h8-14,17-18H,7,15-16H2,1-6H3,(H,30,34). The van der Waals surface area contributed by atoms with E-state index in [0.717, 1.165) is 39.2 Å². The number of benzene rings is 2. The number of nitrogens with one attached hydrogen (secondary N) is 1. The van der Waals surface area contributed by atoms with Gasteiger partial charge >= 0.3 is 0 Å². The van der Waals surface area contributed by atoms with Gasteiger partial charge in [0.15, 0.2) is 0 Å². The molecule has 2 aromatic carbocycles. The minimum atomic E-state index is -0.101. The van der Waals surface area contributed by atoms with Crippen LogP contribution in [0.1, 0.15) is 61.1 Å². The molecule has 1 N–H and O–H groups in total. The van der Waals surface area contributed by atoms with Crippen molar-refractivity contribution in [3.05, 3.63) is 86.8 Å². The number of fused-ring (bicyclic) bond motifs is 1. The summed E-state index contributed by atoms with van der Waals surface area (Å²) in [5, 5.41) is 8.74. The molecular formula is C29H34N4O2. The van der Waals surface area contributed by atoms with Crippen LogP contribution in [0, 0.1) is 20.8 Å². The van der Waals surface area contributed by atoms with Crippen molar-refractivity contribution in [1.82, 2.24) is 14.3 Å². The van der Waals surface area contributed by atoms with Crippen LogP contribution in [0.25, 0.3) is 16.7 Å². The first-order valence-corrected chi connectivity index (χ1v) is 12.3. The van der Waals surface area contributed by atoms with Crippen molar-refractivity contribution in [2.45, 2.75) is 66.8 Å². The first kappa shape index (κ1) is 24.5. The zero-order chi connectivity index (χ0) is 25.3. The second-order valence-corrected chi connectivity index (χ2v) is 9.51. The van der Waals surface area contributed by atoms with E-state index >= 15 is 0 Å². The van der Waals surface area contributed by atoms with Gasteiger partial charge in [0.2, 0.25) is 5.91 Å². The van der Waals surface area contributed by atoms with Gasteiger partial charge < -0.3 is 5.32 Å². The van der Waals surface area contributed by atoms with Crippen LogP contribution in [-0.4, -0.2) is 20.3 Å². The second-order valence-electron chi connectivity index (χ2n) is 9.51. The molecule has 0 aliphatic rings. The number of carbonyl (C=O) groups is 1. The van der Waals surface area contributed by atoms with Crippen LogP contribution in [0.5, 0.6) is 0 Å². The molecule has 0 aliphatic heterocycles. The summed E-state index contributed by atoms with van der Waals surface area (Å²) in [4.78, 5) is 26.3. The van der Waals surface area contributed by atoms with E-state index in [1.165, 1.54) is 5.56 Å². The normalized spacial score (nSPS) is 11.4. The highest BCUT2D eigenvalue weighted by atomic mass is 16.1. The van der Waals surface area contributed by atoms with Gasteiger partial charge in [0, 0.05) is 29.6 Å². The molecule has 0 unspecified atom stereocenters. The topological polar surface area (TPSA) is 68.9 Å². The lowest BCUT2D eigenvalue weighted by Gasteiger charge is -2.15. The predicted octanol–water partition coefficient (Wildman–Crippen LogP) is 5.83. The predicted molar refractivity (Wildman–Crippen MR) is 143 cm³/mol. The Bertz CT molecular complexity index is 1440. The van der Waals surface area contributed by atoms with Crippen molar-refractivity contribution < 1.29 is 4.79 Å². The lowest BCUT2D eigenvalue weighted by atomic mass is 10.0. The molecule has 4 rings (SSSR count). The van der Waals surface area contributed by atoms with Crippen LogP contribution < -0.4 is 10.9 Å². The number of nitrogens with zero attached hydrogens (tertiary/aromatic N) is 3. The van der Waals surface area contributed by atoms with Gasteiger partial charge in [-0.1, -0.05) is 38.1 Å². The third kappa shape index (κ3) is 4.78.